The molecule has 0 bridgehead atoms. The fourth-order valence-electron chi connectivity index (χ4n) is 3.20. The van der Waals surface area contributed by atoms with E-state index in [1.807, 2.05) is 6.92 Å². The molecule has 1 aliphatic rings. The average molecular weight is 451 g/mol. The lowest BCUT2D eigenvalue weighted by atomic mass is 10.1. The van der Waals surface area contributed by atoms with Crippen LogP contribution in [0.1, 0.15) is 22.8 Å². The quantitative estimate of drug-likeness (QED) is 0.404. The van der Waals surface area contributed by atoms with E-state index in [0.29, 0.717) is 42.8 Å². The SMILES string of the molecule is CCOc1ccc(Oc2cc(CNC(=O)c3cc4c(cc3[N+](=O)[O-])OCCO4)ccn2)cc1. The second kappa shape index (κ2) is 9.86. The molecule has 2 aromatic carbocycles. The number of fused-ring (bicyclic) bond motifs is 1. The van der Waals surface area contributed by atoms with Gasteiger partial charge in [-0.1, -0.05) is 0 Å². The number of aromatic nitrogens is 1. The summed E-state index contributed by atoms with van der Waals surface area (Å²) in [7, 11) is 0. The smallest absolute Gasteiger partial charge is 0.286 e. The van der Waals surface area contributed by atoms with Gasteiger partial charge in [0, 0.05) is 24.9 Å². The zero-order valence-corrected chi connectivity index (χ0v) is 17.8. The number of nitrogens with zero attached hydrogens (tertiary/aromatic N) is 2. The number of pyridine rings is 1. The van der Waals surface area contributed by atoms with Crippen LogP contribution >= 0.6 is 0 Å². The number of nitrogens with one attached hydrogen (secondary N) is 1. The Balaban J connectivity index is 1.44. The molecule has 4 rings (SSSR count). The molecule has 3 aromatic rings. The summed E-state index contributed by atoms with van der Waals surface area (Å²) in [4.78, 5) is 27.7. The van der Waals surface area contributed by atoms with Crippen LogP contribution in [0.5, 0.6) is 28.9 Å². The first-order valence-electron chi connectivity index (χ1n) is 10.3. The number of amides is 1. The Morgan fingerprint density at radius 2 is 1.79 bits per heavy atom. The second-order valence-corrected chi connectivity index (χ2v) is 6.96. The molecule has 170 valence electrons. The Morgan fingerprint density at radius 1 is 1.09 bits per heavy atom. The van der Waals surface area contributed by atoms with Crippen LogP contribution in [0.25, 0.3) is 0 Å². The van der Waals surface area contributed by atoms with Gasteiger partial charge in [0.15, 0.2) is 11.5 Å². The Hall–Kier alpha value is -4.34. The van der Waals surface area contributed by atoms with Crippen LogP contribution in [0, 0.1) is 10.1 Å². The van der Waals surface area contributed by atoms with E-state index >= 15 is 0 Å². The van der Waals surface area contributed by atoms with Crippen molar-refractivity contribution in [3.63, 3.8) is 0 Å². The van der Waals surface area contributed by atoms with Gasteiger partial charge in [0.05, 0.1) is 17.6 Å². The number of rotatable bonds is 8. The van der Waals surface area contributed by atoms with Crippen molar-refractivity contribution in [2.24, 2.45) is 0 Å². The summed E-state index contributed by atoms with van der Waals surface area (Å²) in [5.74, 6) is 1.60. The van der Waals surface area contributed by atoms with Crippen LogP contribution in [-0.2, 0) is 6.54 Å². The molecule has 10 nitrogen and oxygen atoms in total. The van der Waals surface area contributed by atoms with E-state index in [0.717, 1.165) is 5.75 Å². The Morgan fingerprint density at radius 3 is 2.48 bits per heavy atom. The number of ether oxygens (including phenoxy) is 4. The van der Waals surface area contributed by atoms with Gasteiger partial charge in [0.2, 0.25) is 5.88 Å². The monoisotopic (exact) mass is 451 g/mol. The molecule has 0 saturated heterocycles. The average Bonchev–Trinajstić information content (AvgIpc) is 2.83. The number of carbonyl (C=O) groups is 1. The summed E-state index contributed by atoms with van der Waals surface area (Å²) in [6.45, 7) is 3.20. The molecule has 0 spiro atoms. The lowest BCUT2D eigenvalue weighted by Crippen LogP contribution is -2.24. The normalized spacial score (nSPS) is 12.0. The lowest BCUT2D eigenvalue weighted by molar-refractivity contribution is -0.385. The Labute approximate surface area is 189 Å². The fourth-order valence-corrected chi connectivity index (χ4v) is 3.20. The highest BCUT2D eigenvalue weighted by molar-refractivity contribution is 5.99. The summed E-state index contributed by atoms with van der Waals surface area (Å²) in [5.41, 5.74) is 0.245. The minimum Gasteiger partial charge on any atom is -0.494 e. The van der Waals surface area contributed by atoms with E-state index < -0.39 is 10.8 Å². The topological polar surface area (TPSA) is 122 Å². The van der Waals surface area contributed by atoms with Crippen molar-refractivity contribution in [1.29, 1.82) is 0 Å². The number of nitro benzene ring substituents is 1. The van der Waals surface area contributed by atoms with Crippen molar-refractivity contribution >= 4 is 11.6 Å². The highest BCUT2D eigenvalue weighted by Gasteiger charge is 2.26. The molecule has 0 atom stereocenters. The molecular weight excluding hydrogens is 430 g/mol. The predicted molar refractivity (Wildman–Crippen MR) is 117 cm³/mol. The van der Waals surface area contributed by atoms with Crippen molar-refractivity contribution < 1.29 is 28.7 Å². The van der Waals surface area contributed by atoms with E-state index in [1.54, 1.807) is 42.6 Å². The first kappa shape index (κ1) is 21.9. The van der Waals surface area contributed by atoms with Gasteiger partial charge >= 0.3 is 0 Å². The van der Waals surface area contributed by atoms with Crippen LogP contribution in [0.15, 0.2) is 54.7 Å². The second-order valence-electron chi connectivity index (χ2n) is 6.96. The molecule has 10 heteroatoms. The van der Waals surface area contributed by atoms with Crippen LogP contribution in [0.4, 0.5) is 5.69 Å². The maximum atomic E-state index is 12.7. The predicted octanol–water partition coefficient (Wildman–Crippen LogP) is 3.88. The number of hydrogen-bond donors (Lipinski definition) is 1. The summed E-state index contributed by atoms with van der Waals surface area (Å²) in [6.07, 6.45) is 1.55. The largest absolute Gasteiger partial charge is 0.494 e. The number of carbonyl (C=O) groups excluding carboxylic acids is 1. The molecule has 33 heavy (non-hydrogen) atoms. The van der Waals surface area contributed by atoms with Crippen LogP contribution in [-0.4, -0.2) is 35.6 Å². The van der Waals surface area contributed by atoms with Crippen molar-refractivity contribution in [3.05, 3.63) is 76.0 Å². The maximum Gasteiger partial charge on any atom is 0.286 e. The number of hydrogen-bond acceptors (Lipinski definition) is 8. The van der Waals surface area contributed by atoms with Crippen molar-refractivity contribution in [3.8, 4) is 28.9 Å². The molecule has 1 aromatic heterocycles. The maximum absolute atomic E-state index is 12.7. The summed E-state index contributed by atoms with van der Waals surface area (Å²) in [6, 6.07) is 13.0. The van der Waals surface area contributed by atoms with E-state index in [2.05, 4.69) is 10.3 Å². The minimum absolute atomic E-state index is 0.107. The zero-order chi connectivity index (χ0) is 23.2. The number of benzene rings is 2. The van der Waals surface area contributed by atoms with Gasteiger partial charge < -0.3 is 24.3 Å². The summed E-state index contributed by atoms with van der Waals surface area (Å²) < 4.78 is 22.0. The third-order valence-corrected chi connectivity index (χ3v) is 4.71. The van der Waals surface area contributed by atoms with Crippen LogP contribution in [0.3, 0.4) is 0 Å². The Kier molecular flexibility index (Phi) is 6.53. The third-order valence-electron chi connectivity index (χ3n) is 4.71. The molecule has 1 amide bonds. The van der Waals surface area contributed by atoms with E-state index in [9.17, 15) is 14.9 Å². The summed E-state index contributed by atoms with van der Waals surface area (Å²) in [5, 5.41) is 14.1. The molecule has 0 unspecified atom stereocenters. The van der Waals surface area contributed by atoms with Gasteiger partial charge in [-0.15, -0.1) is 0 Å². The van der Waals surface area contributed by atoms with Crippen LogP contribution < -0.4 is 24.3 Å². The van der Waals surface area contributed by atoms with Gasteiger partial charge in [-0.05, 0) is 42.8 Å². The first-order chi connectivity index (χ1) is 16.0. The minimum atomic E-state index is -0.623. The van der Waals surface area contributed by atoms with Gasteiger partial charge in [0.25, 0.3) is 11.6 Å². The molecule has 2 heterocycles. The highest BCUT2D eigenvalue weighted by Crippen LogP contribution is 2.36. The lowest BCUT2D eigenvalue weighted by Gasteiger charge is -2.18. The van der Waals surface area contributed by atoms with E-state index in [1.165, 1.54) is 12.1 Å². The first-order valence-corrected chi connectivity index (χ1v) is 10.3. The van der Waals surface area contributed by atoms with Gasteiger partial charge in [-0.25, -0.2) is 4.98 Å². The molecule has 1 aliphatic heterocycles. The van der Waals surface area contributed by atoms with Gasteiger partial charge in [0.1, 0.15) is 30.3 Å². The standard InChI is InChI=1S/C23H21N3O7/c1-2-30-16-3-5-17(6-4-16)33-22-11-15(7-8-24-22)14-25-23(27)18-12-20-21(32-10-9-31-20)13-19(18)26(28)29/h3-8,11-13H,2,9-10,14H2,1H3,(H,25,27). The van der Waals surface area contributed by atoms with Gasteiger partial charge in [-0.2, -0.15) is 0 Å². The zero-order valence-electron chi connectivity index (χ0n) is 17.8. The fraction of sp³-hybridized carbons (Fsp3) is 0.217. The van der Waals surface area contributed by atoms with Crippen molar-refractivity contribution in [2.75, 3.05) is 19.8 Å². The number of nitro groups is 1. The molecule has 1 N–H and O–H groups in total. The Bertz CT molecular complexity index is 1170. The molecule has 0 radical (unpaired) electrons. The summed E-state index contributed by atoms with van der Waals surface area (Å²) >= 11 is 0. The van der Waals surface area contributed by atoms with Gasteiger partial charge in [-0.3, -0.25) is 14.9 Å². The highest BCUT2D eigenvalue weighted by atomic mass is 16.6. The molecule has 0 fully saturated rings. The van der Waals surface area contributed by atoms with Crippen molar-refractivity contribution in [2.45, 2.75) is 13.5 Å². The third kappa shape index (κ3) is 5.29. The van der Waals surface area contributed by atoms with E-state index in [-0.39, 0.29) is 23.5 Å². The van der Waals surface area contributed by atoms with Crippen LogP contribution in [0.2, 0.25) is 0 Å². The van der Waals surface area contributed by atoms with Crippen molar-refractivity contribution in [1.82, 2.24) is 10.3 Å². The van der Waals surface area contributed by atoms with E-state index in [4.69, 9.17) is 18.9 Å². The molecular formula is C23H21N3O7. The molecule has 0 aliphatic carbocycles. The molecule has 0 saturated carbocycles.